The lowest BCUT2D eigenvalue weighted by Gasteiger charge is -2.24. The topological polar surface area (TPSA) is 63.5 Å². The fourth-order valence-corrected chi connectivity index (χ4v) is 3.39. The molecule has 0 saturated carbocycles. The number of hydrogen-bond donors (Lipinski definition) is 2. The summed E-state index contributed by atoms with van der Waals surface area (Å²) in [6, 6.07) is 8.29. The molecule has 1 aromatic heterocycles. The number of nitrogens with zero attached hydrogens (tertiary/aromatic N) is 3. The summed E-state index contributed by atoms with van der Waals surface area (Å²) >= 11 is 0. The Morgan fingerprint density at radius 2 is 2.15 bits per heavy atom. The fraction of sp³-hybridized carbons (Fsp3) is 0.579. The van der Waals surface area contributed by atoms with Gasteiger partial charge in [0.25, 0.3) is 0 Å². The van der Waals surface area contributed by atoms with Crippen molar-refractivity contribution in [2.75, 3.05) is 26.7 Å². The zero-order chi connectivity index (χ0) is 17.7. The lowest BCUT2D eigenvalue weighted by Crippen LogP contribution is -2.45. The zero-order valence-corrected chi connectivity index (χ0v) is 18.2. The van der Waals surface area contributed by atoms with Crippen LogP contribution in [-0.2, 0) is 11.3 Å². The van der Waals surface area contributed by atoms with Crippen molar-refractivity contribution in [1.29, 1.82) is 0 Å². The number of nitrogens with one attached hydrogen (secondary N) is 2. The normalized spacial score (nSPS) is 20.2. The van der Waals surface area contributed by atoms with Crippen molar-refractivity contribution in [3.8, 4) is 0 Å². The maximum atomic E-state index is 5.81. The van der Waals surface area contributed by atoms with E-state index in [1.165, 1.54) is 5.52 Å². The molecule has 26 heavy (non-hydrogen) atoms. The third-order valence-electron chi connectivity index (χ3n) is 4.85. The lowest BCUT2D eigenvalue weighted by atomic mass is 10.0. The van der Waals surface area contributed by atoms with Crippen LogP contribution in [0.15, 0.2) is 29.3 Å². The number of aliphatic imine (C=N–C) groups is 1. The minimum absolute atomic E-state index is 0. The molecule has 144 valence electrons. The predicted octanol–water partition coefficient (Wildman–Crippen LogP) is 3.09. The molecule has 1 aliphatic heterocycles. The van der Waals surface area contributed by atoms with Crippen molar-refractivity contribution < 1.29 is 4.74 Å². The number of benzene rings is 1. The van der Waals surface area contributed by atoms with Crippen LogP contribution < -0.4 is 10.6 Å². The summed E-state index contributed by atoms with van der Waals surface area (Å²) in [6.07, 6.45) is 3.25. The number of imidazole rings is 1. The Morgan fingerprint density at radius 3 is 2.88 bits per heavy atom. The van der Waals surface area contributed by atoms with Crippen molar-refractivity contribution in [2.45, 2.75) is 45.3 Å². The van der Waals surface area contributed by atoms with Gasteiger partial charge in [0.1, 0.15) is 5.82 Å². The maximum Gasteiger partial charge on any atom is 0.191 e. The number of aromatic nitrogens is 2. The summed E-state index contributed by atoms with van der Waals surface area (Å²) in [5, 5.41) is 6.77. The first kappa shape index (κ1) is 21.0. The van der Waals surface area contributed by atoms with Crippen molar-refractivity contribution in [3.05, 3.63) is 30.1 Å². The molecule has 1 aliphatic rings. The highest BCUT2D eigenvalue weighted by Crippen LogP contribution is 2.23. The summed E-state index contributed by atoms with van der Waals surface area (Å²) < 4.78 is 8.09. The first-order chi connectivity index (χ1) is 12.1. The van der Waals surface area contributed by atoms with E-state index in [2.05, 4.69) is 57.2 Å². The van der Waals surface area contributed by atoms with Gasteiger partial charge >= 0.3 is 0 Å². The van der Waals surface area contributed by atoms with Gasteiger partial charge in [-0.2, -0.15) is 0 Å². The summed E-state index contributed by atoms with van der Waals surface area (Å²) in [7, 11) is 1.81. The summed E-state index contributed by atoms with van der Waals surface area (Å²) in [5.74, 6) is 1.90. The smallest absolute Gasteiger partial charge is 0.191 e. The first-order valence-corrected chi connectivity index (χ1v) is 9.12. The SMILES string of the molecule is CN=C(NCCCn1c(C)nc2ccccc21)NCC1(C)CCCO1.I. The van der Waals surface area contributed by atoms with Crippen molar-refractivity contribution in [2.24, 2.45) is 4.99 Å². The molecule has 2 N–H and O–H groups in total. The molecule has 6 nitrogen and oxygen atoms in total. The Bertz CT molecular complexity index is 737. The summed E-state index contributed by atoms with van der Waals surface area (Å²) in [6.45, 7) is 7.68. The van der Waals surface area contributed by atoms with Gasteiger partial charge in [0.2, 0.25) is 0 Å². The predicted molar refractivity (Wildman–Crippen MR) is 117 cm³/mol. The summed E-state index contributed by atoms with van der Waals surface area (Å²) in [4.78, 5) is 8.92. The van der Waals surface area contributed by atoms with Crippen LogP contribution in [0.1, 0.15) is 32.0 Å². The maximum absolute atomic E-state index is 5.81. The van der Waals surface area contributed by atoms with Crippen LogP contribution in [0.5, 0.6) is 0 Å². The number of ether oxygens (including phenoxy) is 1. The Hall–Kier alpha value is -1.35. The van der Waals surface area contributed by atoms with E-state index in [4.69, 9.17) is 4.74 Å². The molecule has 7 heteroatoms. The molecule has 1 saturated heterocycles. The average molecular weight is 471 g/mol. The molecule has 0 aliphatic carbocycles. The number of aryl methyl sites for hydroxylation is 2. The Labute approximate surface area is 172 Å². The standard InChI is InChI=1S/C19H29N5O.HI/c1-15-23-16-8-4-5-9-17(16)24(15)12-7-11-21-18(20-3)22-14-19(2)10-6-13-25-19;/h4-5,8-9H,6-7,10-14H2,1-3H3,(H2,20,21,22);1H. The molecule has 3 rings (SSSR count). The quantitative estimate of drug-likeness (QED) is 0.294. The van der Waals surface area contributed by atoms with E-state index in [0.717, 1.165) is 62.8 Å². The van der Waals surface area contributed by atoms with Gasteiger partial charge in [0.15, 0.2) is 5.96 Å². The highest BCUT2D eigenvalue weighted by atomic mass is 127. The first-order valence-electron chi connectivity index (χ1n) is 9.12. The van der Waals surface area contributed by atoms with Crippen LogP contribution >= 0.6 is 24.0 Å². The third kappa shape index (κ3) is 5.09. The van der Waals surface area contributed by atoms with Gasteiger partial charge < -0.3 is 19.9 Å². The molecule has 2 aromatic rings. The van der Waals surface area contributed by atoms with Crippen molar-refractivity contribution >= 4 is 41.0 Å². The molecule has 0 radical (unpaired) electrons. The van der Waals surface area contributed by atoms with Gasteiger partial charge in [-0.3, -0.25) is 4.99 Å². The highest BCUT2D eigenvalue weighted by Gasteiger charge is 2.29. The van der Waals surface area contributed by atoms with E-state index in [0.29, 0.717) is 0 Å². The number of hydrogen-bond acceptors (Lipinski definition) is 3. The van der Waals surface area contributed by atoms with E-state index < -0.39 is 0 Å². The number of para-hydroxylation sites is 2. The Morgan fingerprint density at radius 1 is 1.35 bits per heavy atom. The fourth-order valence-electron chi connectivity index (χ4n) is 3.39. The van der Waals surface area contributed by atoms with Crippen LogP contribution in [-0.4, -0.2) is 47.9 Å². The molecule has 1 fully saturated rings. The average Bonchev–Trinajstić information content (AvgIpc) is 3.18. The van der Waals surface area contributed by atoms with Crippen LogP contribution in [0.3, 0.4) is 0 Å². The van der Waals surface area contributed by atoms with E-state index in [1.807, 2.05) is 6.07 Å². The molecule has 2 heterocycles. The number of guanidine groups is 1. The monoisotopic (exact) mass is 471 g/mol. The zero-order valence-electron chi connectivity index (χ0n) is 15.9. The Balaban J connectivity index is 0.00000243. The number of fused-ring (bicyclic) bond motifs is 1. The van der Waals surface area contributed by atoms with E-state index in [-0.39, 0.29) is 29.6 Å². The molecule has 1 atom stereocenters. The van der Waals surface area contributed by atoms with Gasteiger partial charge in [0.05, 0.1) is 16.6 Å². The van der Waals surface area contributed by atoms with Crippen LogP contribution in [0.2, 0.25) is 0 Å². The Kier molecular flexibility index (Phi) is 7.69. The van der Waals surface area contributed by atoms with Crippen LogP contribution in [0, 0.1) is 6.92 Å². The van der Waals surface area contributed by atoms with Crippen molar-refractivity contribution in [1.82, 2.24) is 20.2 Å². The second kappa shape index (κ2) is 9.55. The summed E-state index contributed by atoms with van der Waals surface area (Å²) in [5.41, 5.74) is 2.20. The third-order valence-corrected chi connectivity index (χ3v) is 4.85. The van der Waals surface area contributed by atoms with E-state index in [9.17, 15) is 0 Å². The molecule has 0 bridgehead atoms. The number of rotatable bonds is 6. The van der Waals surface area contributed by atoms with Gasteiger partial charge in [-0.05, 0) is 45.2 Å². The molecular formula is C19H30IN5O. The molecule has 0 spiro atoms. The second-order valence-corrected chi connectivity index (χ2v) is 6.91. The van der Waals surface area contributed by atoms with Gasteiger partial charge in [0, 0.05) is 33.3 Å². The highest BCUT2D eigenvalue weighted by molar-refractivity contribution is 14.0. The minimum atomic E-state index is -0.0650. The second-order valence-electron chi connectivity index (χ2n) is 6.91. The minimum Gasteiger partial charge on any atom is -0.373 e. The number of halogens is 1. The molecule has 1 unspecified atom stereocenters. The largest absolute Gasteiger partial charge is 0.373 e. The van der Waals surface area contributed by atoms with Crippen LogP contribution in [0.4, 0.5) is 0 Å². The van der Waals surface area contributed by atoms with Gasteiger partial charge in [-0.1, -0.05) is 12.1 Å². The van der Waals surface area contributed by atoms with Crippen LogP contribution in [0.25, 0.3) is 11.0 Å². The van der Waals surface area contributed by atoms with Gasteiger partial charge in [-0.15, -0.1) is 24.0 Å². The molecule has 1 aromatic carbocycles. The van der Waals surface area contributed by atoms with E-state index in [1.54, 1.807) is 7.05 Å². The van der Waals surface area contributed by atoms with E-state index >= 15 is 0 Å². The van der Waals surface area contributed by atoms with Gasteiger partial charge in [-0.25, -0.2) is 4.98 Å². The molecular weight excluding hydrogens is 441 g/mol. The lowest BCUT2D eigenvalue weighted by molar-refractivity contribution is 0.0243. The molecule has 0 amide bonds. The van der Waals surface area contributed by atoms with Crippen molar-refractivity contribution in [3.63, 3.8) is 0 Å².